The van der Waals surface area contributed by atoms with Crippen LogP contribution < -0.4 is 5.32 Å². The summed E-state index contributed by atoms with van der Waals surface area (Å²) >= 11 is 0. The Balaban J connectivity index is 2.63. The minimum atomic E-state index is 0.324. The van der Waals surface area contributed by atoms with Crippen molar-refractivity contribution in [3.63, 3.8) is 0 Å². The van der Waals surface area contributed by atoms with Crippen molar-refractivity contribution in [2.75, 3.05) is 32.8 Å². The summed E-state index contributed by atoms with van der Waals surface area (Å²) in [6.45, 7) is 18.7. The molecular formula is C16H34N2O. The van der Waals surface area contributed by atoms with Gasteiger partial charge in [0.1, 0.15) is 0 Å². The number of nitrogens with zero attached hydrogens (tertiary/aromatic N) is 1. The number of piperazine rings is 1. The molecule has 3 nitrogen and oxygen atoms in total. The van der Waals surface area contributed by atoms with Gasteiger partial charge in [0.05, 0.1) is 6.61 Å². The fourth-order valence-electron chi connectivity index (χ4n) is 2.82. The minimum absolute atomic E-state index is 0.324. The largest absolute Gasteiger partial charge is 0.380 e. The van der Waals surface area contributed by atoms with Crippen molar-refractivity contribution in [2.24, 2.45) is 11.3 Å². The highest BCUT2D eigenvalue weighted by Crippen LogP contribution is 2.26. The molecule has 3 atom stereocenters. The average Bonchev–Trinajstić information content (AvgIpc) is 2.37. The van der Waals surface area contributed by atoms with E-state index in [0.29, 0.717) is 17.5 Å². The first kappa shape index (κ1) is 16.9. The topological polar surface area (TPSA) is 24.5 Å². The first-order valence-electron chi connectivity index (χ1n) is 7.95. The zero-order valence-corrected chi connectivity index (χ0v) is 13.8. The third-order valence-corrected chi connectivity index (χ3v) is 4.53. The van der Waals surface area contributed by atoms with Crippen LogP contribution >= 0.6 is 0 Å². The van der Waals surface area contributed by atoms with Crippen molar-refractivity contribution in [1.29, 1.82) is 0 Å². The Morgan fingerprint density at radius 2 is 2.00 bits per heavy atom. The third kappa shape index (κ3) is 5.05. The molecule has 0 aromatic carbocycles. The molecule has 0 aliphatic carbocycles. The molecule has 1 heterocycles. The second-order valence-corrected chi connectivity index (χ2v) is 6.97. The molecule has 0 aromatic rings. The summed E-state index contributed by atoms with van der Waals surface area (Å²) in [5.74, 6) is 0.745. The van der Waals surface area contributed by atoms with Crippen molar-refractivity contribution in [3.8, 4) is 0 Å². The zero-order chi connectivity index (χ0) is 14.5. The maximum Gasteiger partial charge on any atom is 0.0593 e. The SMILES string of the molecule is CCOCCN1CC(C(C)(C)C)NCC1C(C)CC. The Labute approximate surface area is 120 Å². The zero-order valence-electron chi connectivity index (χ0n) is 13.8. The summed E-state index contributed by atoms with van der Waals surface area (Å²) in [4.78, 5) is 2.65. The van der Waals surface area contributed by atoms with Gasteiger partial charge >= 0.3 is 0 Å². The molecule has 1 rings (SSSR count). The molecule has 0 spiro atoms. The molecule has 1 aliphatic rings. The van der Waals surface area contributed by atoms with Crippen molar-refractivity contribution < 1.29 is 4.74 Å². The highest BCUT2D eigenvalue weighted by Gasteiger charge is 2.35. The second kappa shape index (κ2) is 7.61. The van der Waals surface area contributed by atoms with E-state index in [4.69, 9.17) is 4.74 Å². The molecule has 0 bridgehead atoms. The van der Waals surface area contributed by atoms with E-state index < -0.39 is 0 Å². The van der Waals surface area contributed by atoms with Crippen LogP contribution in [0.25, 0.3) is 0 Å². The van der Waals surface area contributed by atoms with Gasteiger partial charge in [-0.1, -0.05) is 41.0 Å². The van der Waals surface area contributed by atoms with E-state index in [0.717, 1.165) is 38.8 Å². The molecule has 1 saturated heterocycles. The van der Waals surface area contributed by atoms with Crippen LogP contribution in [0.15, 0.2) is 0 Å². The smallest absolute Gasteiger partial charge is 0.0593 e. The van der Waals surface area contributed by atoms with Gasteiger partial charge in [-0.25, -0.2) is 0 Å². The van der Waals surface area contributed by atoms with Crippen LogP contribution in [0.2, 0.25) is 0 Å². The van der Waals surface area contributed by atoms with E-state index in [1.807, 2.05) is 0 Å². The summed E-state index contributed by atoms with van der Waals surface area (Å²) in [7, 11) is 0. The van der Waals surface area contributed by atoms with Crippen LogP contribution in [0.5, 0.6) is 0 Å². The van der Waals surface area contributed by atoms with Crippen LogP contribution in [0.1, 0.15) is 48.0 Å². The van der Waals surface area contributed by atoms with Crippen LogP contribution in [0.3, 0.4) is 0 Å². The molecule has 0 radical (unpaired) electrons. The Kier molecular flexibility index (Phi) is 6.78. The van der Waals surface area contributed by atoms with Crippen LogP contribution in [0.4, 0.5) is 0 Å². The normalized spacial score (nSPS) is 27.5. The summed E-state index contributed by atoms with van der Waals surface area (Å²) in [5, 5.41) is 3.76. The lowest BCUT2D eigenvalue weighted by Gasteiger charge is -2.47. The van der Waals surface area contributed by atoms with E-state index in [1.165, 1.54) is 6.42 Å². The first-order valence-corrected chi connectivity index (χ1v) is 7.95. The highest BCUT2D eigenvalue weighted by atomic mass is 16.5. The van der Waals surface area contributed by atoms with Gasteiger partial charge in [0.15, 0.2) is 0 Å². The molecule has 0 saturated carbocycles. The monoisotopic (exact) mass is 270 g/mol. The molecule has 3 heteroatoms. The van der Waals surface area contributed by atoms with Crippen molar-refractivity contribution >= 4 is 0 Å². The number of hydrogen-bond donors (Lipinski definition) is 1. The lowest BCUT2D eigenvalue weighted by molar-refractivity contribution is 0.0304. The van der Waals surface area contributed by atoms with E-state index in [9.17, 15) is 0 Å². The van der Waals surface area contributed by atoms with Gasteiger partial charge in [-0.2, -0.15) is 0 Å². The van der Waals surface area contributed by atoms with E-state index in [-0.39, 0.29) is 0 Å². The highest BCUT2D eigenvalue weighted by molar-refractivity contribution is 4.93. The quantitative estimate of drug-likeness (QED) is 0.751. The Hall–Kier alpha value is -0.120. The van der Waals surface area contributed by atoms with E-state index in [2.05, 4.69) is 51.8 Å². The molecule has 3 unspecified atom stereocenters. The standard InChI is InChI=1S/C16H34N2O/c1-7-13(3)14-11-17-15(16(4,5)6)12-18(14)9-10-19-8-2/h13-15,17H,7-12H2,1-6H3. The van der Waals surface area contributed by atoms with Gasteiger partial charge in [0.25, 0.3) is 0 Å². The van der Waals surface area contributed by atoms with Gasteiger partial charge in [-0.3, -0.25) is 4.90 Å². The van der Waals surface area contributed by atoms with Crippen LogP contribution in [-0.4, -0.2) is 49.8 Å². The molecule has 114 valence electrons. The molecule has 1 fully saturated rings. The molecule has 0 aromatic heterocycles. The molecule has 0 amide bonds. The minimum Gasteiger partial charge on any atom is -0.380 e. The lowest BCUT2D eigenvalue weighted by atomic mass is 9.83. The maximum absolute atomic E-state index is 5.56. The van der Waals surface area contributed by atoms with Gasteiger partial charge in [0, 0.05) is 38.3 Å². The number of nitrogens with one attached hydrogen (secondary N) is 1. The van der Waals surface area contributed by atoms with Gasteiger partial charge in [-0.15, -0.1) is 0 Å². The molecule has 19 heavy (non-hydrogen) atoms. The summed E-state index contributed by atoms with van der Waals surface area (Å²) < 4.78 is 5.56. The summed E-state index contributed by atoms with van der Waals surface area (Å²) in [5.41, 5.74) is 0.324. The predicted octanol–water partition coefficient (Wildman–Crippen LogP) is 2.76. The van der Waals surface area contributed by atoms with Crippen molar-refractivity contribution in [1.82, 2.24) is 10.2 Å². The third-order valence-electron chi connectivity index (χ3n) is 4.53. The van der Waals surface area contributed by atoms with Crippen LogP contribution in [-0.2, 0) is 4.74 Å². The first-order chi connectivity index (χ1) is 8.90. The summed E-state index contributed by atoms with van der Waals surface area (Å²) in [6.07, 6.45) is 1.25. The van der Waals surface area contributed by atoms with E-state index >= 15 is 0 Å². The number of hydrogen-bond acceptors (Lipinski definition) is 3. The van der Waals surface area contributed by atoms with E-state index in [1.54, 1.807) is 0 Å². The van der Waals surface area contributed by atoms with Crippen molar-refractivity contribution in [2.45, 2.75) is 60.0 Å². The Bertz CT molecular complexity index is 250. The van der Waals surface area contributed by atoms with Gasteiger partial charge < -0.3 is 10.1 Å². The molecule has 1 N–H and O–H groups in total. The Morgan fingerprint density at radius 3 is 2.53 bits per heavy atom. The van der Waals surface area contributed by atoms with Gasteiger partial charge in [-0.05, 0) is 18.3 Å². The van der Waals surface area contributed by atoms with Crippen LogP contribution in [0, 0.1) is 11.3 Å². The fraction of sp³-hybridized carbons (Fsp3) is 1.00. The number of ether oxygens (including phenoxy) is 1. The predicted molar refractivity (Wildman–Crippen MR) is 82.6 cm³/mol. The second-order valence-electron chi connectivity index (χ2n) is 6.97. The lowest BCUT2D eigenvalue weighted by Crippen LogP contribution is -2.62. The fourth-order valence-corrected chi connectivity index (χ4v) is 2.82. The van der Waals surface area contributed by atoms with Gasteiger partial charge in [0.2, 0.25) is 0 Å². The number of rotatable bonds is 6. The Morgan fingerprint density at radius 1 is 1.32 bits per heavy atom. The van der Waals surface area contributed by atoms with Crippen molar-refractivity contribution in [3.05, 3.63) is 0 Å². The molecular weight excluding hydrogens is 236 g/mol. The maximum atomic E-state index is 5.56. The summed E-state index contributed by atoms with van der Waals surface area (Å²) in [6, 6.07) is 1.23. The average molecular weight is 270 g/mol. The molecule has 1 aliphatic heterocycles.